The van der Waals surface area contributed by atoms with E-state index in [2.05, 4.69) is 26.4 Å². The Balaban J connectivity index is 2.08. The van der Waals surface area contributed by atoms with Crippen LogP contribution in [0, 0.1) is 0 Å². The van der Waals surface area contributed by atoms with Crippen LogP contribution in [0.25, 0.3) is 5.69 Å². The number of rotatable bonds is 2. The molecule has 0 atom stereocenters. The molecule has 2 amide bonds. The predicted molar refractivity (Wildman–Crippen MR) is 60.4 cm³/mol. The molecule has 0 saturated carbocycles. The highest BCUT2D eigenvalue weighted by molar-refractivity contribution is 5.95. The van der Waals surface area contributed by atoms with Gasteiger partial charge in [-0.05, 0) is 34.7 Å². The Labute approximate surface area is 102 Å². The maximum Gasteiger partial charge on any atom is 0.269 e. The van der Waals surface area contributed by atoms with Gasteiger partial charge >= 0.3 is 0 Å². The summed E-state index contributed by atoms with van der Waals surface area (Å²) < 4.78 is 1.47. The minimum atomic E-state index is -0.395. The lowest BCUT2D eigenvalue weighted by molar-refractivity contribution is -0.119. The van der Waals surface area contributed by atoms with Crippen LogP contribution in [0.1, 0.15) is 17.3 Å². The molecular weight excluding hydrogens is 236 g/mol. The first-order chi connectivity index (χ1) is 8.66. The third kappa shape index (κ3) is 2.67. The number of tetrazole rings is 1. The van der Waals surface area contributed by atoms with Crippen molar-refractivity contribution in [2.24, 2.45) is 0 Å². The van der Waals surface area contributed by atoms with E-state index in [1.165, 1.54) is 17.9 Å². The van der Waals surface area contributed by atoms with E-state index in [1.807, 2.05) is 0 Å². The Kier molecular flexibility index (Phi) is 3.28. The summed E-state index contributed by atoms with van der Waals surface area (Å²) in [5.74, 6) is -0.734. The van der Waals surface area contributed by atoms with Crippen molar-refractivity contribution in [3.8, 4) is 5.69 Å². The van der Waals surface area contributed by atoms with Crippen LogP contribution in [0.5, 0.6) is 0 Å². The number of carbonyl (C=O) groups is 2. The van der Waals surface area contributed by atoms with Gasteiger partial charge in [0.15, 0.2) is 0 Å². The van der Waals surface area contributed by atoms with Crippen molar-refractivity contribution in [3.05, 3.63) is 36.2 Å². The van der Waals surface area contributed by atoms with Crippen LogP contribution < -0.4 is 10.9 Å². The summed E-state index contributed by atoms with van der Waals surface area (Å²) in [7, 11) is 0. The molecule has 2 aromatic rings. The smallest absolute Gasteiger partial charge is 0.269 e. The van der Waals surface area contributed by atoms with Gasteiger partial charge in [0, 0.05) is 12.5 Å². The number of nitrogens with one attached hydrogen (secondary N) is 2. The molecule has 8 heteroatoms. The maximum absolute atomic E-state index is 11.6. The molecule has 18 heavy (non-hydrogen) atoms. The minimum Gasteiger partial charge on any atom is -0.274 e. The number of aromatic nitrogens is 4. The summed E-state index contributed by atoms with van der Waals surface area (Å²) in [5, 5.41) is 10.7. The zero-order chi connectivity index (χ0) is 13.0. The number of nitrogens with zero attached hydrogens (tertiary/aromatic N) is 4. The van der Waals surface area contributed by atoms with Gasteiger partial charge in [0.05, 0.1) is 5.69 Å². The second kappa shape index (κ2) is 5.04. The van der Waals surface area contributed by atoms with E-state index in [0.717, 1.165) is 5.69 Å². The van der Waals surface area contributed by atoms with Crippen LogP contribution in [-0.2, 0) is 4.79 Å². The number of carbonyl (C=O) groups excluding carboxylic acids is 2. The first kappa shape index (κ1) is 11.7. The van der Waals surface area contributed by atoms with E-state index in [9.17, 15) is 9.59 Å². The lowest BCUT2D eigenvalue weighted by Gasteiger charge is -2.05. The molecule has 0 fully saturated rings. The molecule has 1 heterocycles. The van der Waals surface area contributed by atoms with Gasteiger partial charge in [0.25, 0.3) is 5.91 Å². The fourth-order valence-corrected chi connectivity index (χ4v) is 1.26. The number of hydrogen-bond donors (Lipinski definition) is 2. The summed E-state index contributed by atoms with van der Waals surface area (Å²) in [6.45, 7) is 1.31. The van der Waals surface area contributed by atoms with Crippen molar-refractivity contribution in [3.63, 3.8) is 0 Å². The van der Waals surface area contributed by atoms with Gasteiger partial charge in [-0.1, -0.05) is 0 Å². The van der Waals surface area contributed by atoms with Gasteiger partial charge in [-0.3, -0.25) is 20.4 Å². The highest BCUT2D eigenvalue weighted by Gasteiger charge is 2.06. The number of hydrogen-bond acceptors (Lipinski definition) is 5. The van der Waals surface area contributed by atoms with Gasteiger partial charge < -0.3 is 0 Å². The average Bonchev–Trinajstić information content (AvgIpc) is 2.90. The number of hydrazine groups is 1. The first-order valence-electron chi connectivity index (χ1n) is 5.07. The Bertz CT molecular complexity index is 548. The quantitative estimate of drug-likeness (QED) is 0.692. The van der Waals surface area contributed by atoms with Crippen LogP contribution in [0.15, 0.2) is 30.6 Å². The van der Waals surface area contributed by atoms with E-state index in [1.54, 1.807) is 24.3 Å². The molecule has 2 rings (SSSR count). The normalized spacial score (nSPS) is 9.83. The first-order valence-corrected chi connectivity index (χ1v) is 5.07. The van der Waals surface area contributed by atoms with Gasteiger partial charge in [-0.25, -0.2) is 4.68 Å². The van der Waals surface area contributed by atoms with Crippen molar-refractivity contribution < 1.29 is 9.59 Å². The van der Waals surface area contributed by atoms with Crippen molar-refractivity contribution in [2.45, 2.75) is 6.92 Å². The van der Waals surface area contributed by atoms with E-state index < -0.39 is 5.91 Å². The van der Waals surface area contributed by atoms with Crippen LogP contribution in [0.3, 0.4) is 0 Å². The topological polar surface area (TPSA) is 102 Å². The molecule has 8 nitrogen and oxygen atoms in total. The summed E-state index contributed by atoms with van der Waals surface area (Å²) in [4.78, 5) is 22.2. The van der Waals surface area contributed by atoms with Crippen molar-refractivity contribution in [1.82, 2.24) is 31.1 Å². The second-order valence-electron chi connectivity index (χ2n) is 3.44. The molecule has 2 N–H and O–H groups in total. The molecular formula is C10H10N6O2. The lowest BCUT2D eigenvalue weighted by Crippen LogP contribution is -2.40. The Morgan fingerprint density at radius 1 is 1.17 bits per heavy atom. The van der Waals surface area contributed by atoms with E-state index in [0.29, 0.717) is 5.56 Å². The molecule has 0 unspecified atom stereocenters. The largest absolute Gasteiger partial charge is 0.274 e. The minimum absolute atomic E-state index is 0.339. The average molecular weight is 246 g/mol. The van der Waals surface area contributed by atoms with E-state index >= 15 is 0 Å². The Morgan fingerprint density at radius 3 is 2.44 bits per heavy atom. The fraction of sp³-hybridized carbons (Fsp3) is 0.100. The molecule has 0 radical (unpaired) electrons. The van der Waals surface area contributed by atoms with Crippen molar-refractivity contribution in [2.75, 3.05) is 0 Å². The third-order valence-corrected chi connectivity index (χ3v) is 2.10. The predicted octanol–water partition coefficient (Wildman–Crippen LogP) is -0.557. The molecule has 1 aromatic carbocycles. The van der Waals surface area contributed by atoms with Gasteiger partial charge in [-0.2, -0.15) is 0 Å². The monoisotopic (exact) mass is 246 g/mol. The summed E-state index contributed by atoms with van der Waals surface area (Å²) in [6, 6.07) is 6.60. The van der Waals surface area contributed by atoms with Crippen LogP contribution in [-0.4, -0.2) is 32.0 Å². The standard InChI is InChI=1S/C10H10N6O2/c1-7(17)12-13-10(18)8-2-4-9(5-3-8)16-6-11-14-15-16/h2-6H,1H3,(H,12,17)(H,13,18). The SMILES string of the molecule is CC(=O)NNC(=O)c1ccc(-n2cnnn2)cc1. The van der Waals surface area contributed by atoms with Crippen LogP contribution in [0.4, 0.5) is 0 Å². The maximum atomic E-state index is 11.6. The molecule has 0 aliphatic heterocycles. The number of amides is 2. The highest BCUT2D eigenvalue weighted by atomic mass is 16.2. The fourth-order valence-electron chi connectivity index (χ4n) is 1.26. The summed E-state index contributed by atoms with van der Waals surface area (Å²) >= 11 is 0. The van der Waals surface area contributed by atoms with E-state index in [-0.39, 0.29) is 5.91 Å². The van der Waals surface area contributed by atoms with Gasteiger partial charge in [0.2, 0.25) is 5.91 Å². The zero-order valence-electron chi connectivity index (χ0n) is 9.49. The molecule has 0 spiro atoms. The lowest BCUT2D eigenvalue weighted by atomic mass is 10.2. The summed E-state index contributed by atoms with van der Waals surface area (Å²) in [5.41, 5.74) is 5.63. The Morgan fingerprint density at radius 2 is 1.89 bits per heavy atom. The zero-order valence-corrected chi connectivity index (χ0v) is 9.49. The highest BCUT2D eigenvalue weighted by Crippen LogP contribution is 2.07. The van der Waals surface area contributed by atoms with Crippen molar-refractivity contribution >= 4 is 11.8 Å². The van der Waals surface area contributed by atoms with E-state index in [4.69, 9.17) is 0 Å². The van der Waals surface area contributed by atoms with Crippen LogP contribution >= 0.6 is 0 Å². The molecule has 0 aliphatic rings. The number of benzene rings is 1. The molecule has 0 saturated heterocycles. The molecule has 1 aromatic heterocycles. The second-order valence-corrected chi connectivity index (χ2v) is 3.44. The molecule has 0 aliphatic carbocycles. The molecule has 0 bridgehead atoms. The van der Waals surface area contributed by atoms with Gasteiger partial charge in [-0.15, -0.1) is 5.10 Å². The van der Waals surface area contributed by atoms with Gasteiger partial charge in [0.1, 0.15) is 6.33 Å². The third-order valence-electron chi connectivity index (χ3n) is 2.10. The Hall–Kier alpha value is -2.77. The molecule has 92 valence electrons. The van der Waals surface area contributed by atoms with Crippen molar-refractivity contribution in [1.29, 1.82) is 0 Å². The summed E-state index contributed by atoms with van der Waals surface area (Å²) in [6.07, 6.45) is 1.45. The van der Waals surface area contributed by atoms with Crippen LogP contribution in [0.2, 0.25) is 0 Å².